The Morgan fingerprint density at radius 3 is 2.72 bits per heavy atom. The lowest BCUT2D eigenvalue weighted by atomic mass is 10.3. The number of nitrogens with two attached hydrogens (primary N) is 1. The number of aromatic nitrogens is 3. The van der Waals surface area contributed by atoms with E-state index in [1.54, 1.807) is 11.8 Å². The Hall–Kier alpha value is -1.18. The van der Waals surface area contributed by atoms with Crippen LogP contribution in [0, 0.1) is 0 Å². The van der Waals surface area contributed by atoms with Gasteiger partial charge in [-0.25, -0.2) is 15.0 Å². The molecule has 0 atom stereocenters. The van der Waals surface area contributed by atoms with Gasteiger partial charge in [-0.1, -0.05) is 18.7 Å². The molecule has 18 heavy (non-hydrogen) atoms. The van der Waals surface area contributed by atoms with E-state index in [0.717, 1.165) is 28.7 Å². The minimum atomic E-state index is 0.607. The van der Waals surface area contributed by atoms with Crippen molar-refractivity contribution in [3.8, 4) is 0 Å². The maximum absolute atomic E-state index is 5.56. The average molecular weight is 281 g/mol. The van der Waals surface area contributed by atoms with Crippen molar-refractivity contribution in [2.24, 2.45) is 0 Å². The molecule has 0 fully saturated rings. The second-order valence-corrected chi connectivity index (χ2v) is 5.71. The molecule has 96 valence electrons. The third-order valence-electron chi connectivity index (χ3n) is 2.16. The highest BCUT2D eigenvalue weighted by molar-refractivity contribution is 7.99. The van der Waals surface area contributed by atoms with Crippen LogP contribution in [0.3, 0.4) is 0 Å². The van der Waals surface area contributed by atoms with Gasteiger partial charge in [0.1, 0.15) is 0 Å². The molecule has 0 unspecified atom stereocenters. The van der Waals surface area contributed by atoms with Gasteiger partial charge in [0.05, 0.1) is 5.69 Å². The lowest BCUT2D eigenvalue weighted by Crippen LogP contribution is -2.13. The van der Waals surface area contributed by atoms with E-state index in [1.807, 2.05) is 17.8 Å². The quantitative estimate of drug-likeness (QED) is 0.622. The summed E-state index contributed by atoms with van der Waals surface area (Å²) < 4.78 is 0. The number of anilines is 1. The van der Waals surface area contributed by atoms with Gasteiger partial charge in [0.2, 0.25) is 0 Å². The van der Waals surface area contributed by atoms with Gasteiger partial charge >= 0.3 is 0 Å². The van der Waals surface area contributed by atoms with Crippen molar-refractivity contribution >= 4 is 28.2 Å². The summed E-state index contributed by atoms with van der Waals surface area (Å²) in [7, 11) is 0. The maximum Gasteiger partial charge on any atom is 0.187 e. The van der Waals surface area contributed by atoms with Crippen LogP contribution in [0.1, 0.15) is 18.2 Å². The fraction of sp³-hybridized carbons (Fsp3) is 0.364. The number of rotatable bonds is 6. The monoisotopic (exact) mass is 281 g/mol. The van der Waals surface area contributed by atoms with Gasteiger partial charge in [-0.15, -0.1) is 11.3 Å². The summed E-state index contributed by atoms with van der Waals surface area (Å²) in [6, 6.07) is 0. The van der Waals surface area contributed by atoms with Gasteiger partial charge in [-0.2, -0.15) is 0 Å². The second-order valence-electron chi connectivity index (χ2n) is 3.59. The molecule has 0 saturated heterocycles. The number of thioether (sulfide) groups is 1. The van der Waals surface area contributed by atoms with Crippen LogP contribution in [0.15, 0.2) is 22.9 Å². The zero-order valence-electron chi connectivity index (χ0n) is 10.1. The van der Waals surface area contributed by atoms with Gasteiger partial charge in [-0.3, -0.25) is 0 Å². The van der Waals surface area contributed by atoms with Crippen LogP contribution in [0.2, 0.25) is 0 Å². The van der Waals surface area contributed by atoms with Crippen molar-refractivity contribution in [3.63, 3.8) is 0 Å². The van der Waals surface area contributed by atoms with E-state index >= 15 is 0 Å². The van der Waals surface area contributed by atoms with E-state index in [-0.39, 0.29) is 0 Å². The highest BCUT2D eigenvalue weighted by atomic mass is 32.2. The highest BCUT2D eigenvalue weighted by Gasteiger charge is 2.00. The standard InChI is InChI=1S/C11H15N5S2/c1-2-17-11-14-4-8(5-15-11)3-13-6-9-7-18-10(12)16-9/h4-5,7,13H,2-3,6H2,1H3,(H2,12,16). The number of hydrogen-bond donors (Lipinski definition) is 2. The summed E-state index contributed by atoms with van der Waals surface area (Å²) in [4.78, 5) is 12.7. The Bertz CT molecular complexity index is 482. The van der Waals surface area contributed by atoms with Crippen LogP contribution in [0.4, 0.5) is 5.13 Å². The molecule has 0 spiro atoms. The third kappa shape index (κ3) is 3.94. The summed E-state index contributed by atoms with van der Waals surface area (Å²) in [5.74, 6) is 0.989. The first kappa shape index (κ1) is 13.3. The molecule has 0 saturated carbocycles. The fourth-order valence-corrected chi connectivity index (χ4v) is 2.45. The first-order valence-electron chi connectivity index (χ1n) is 5.62. The van der Waals surface area contributed by atoms with Crippen molar-refractivity contribution in [2.75, 3.05) is 11.5 Å². The van der Waals surface area contributed by atoms with Crippen LogP contribution in [-0.4, -0.2) is 20.7 Å². The first-order valence-corrected chi connectivity index (χ1v) is 7.48. The summed E-state index contributed by atoms with van der Waals surface area (Å²) in [5.41, 5.74) is 7.60. The number of nitrogen functional groups attached to an aromatic ring is 1. The normalized spacial score (nSPS) is 10.7. The number of nitrogens with zero attached hydrogens (tertiary/aromatic N) is 3. The minimum Gasteiger partial charge on any atom is -0.375 e. The molecule has 2 aromatic rings. The number of hydrogen-bond acceptors (Lipinski definition) is 7. The van der Waals surface area contributed by atoms with Gasteiger partial charge in [0.25, 0.3) is 0 Å². The smallest absolute Gasteiger partial charge is 0.187 e. The molecule has 5 nitrogen and oxygen atoms in total. The van der Waals surface area contributed by atoms with E-state index < -0.39 is 0 Å². The lowest BCUT2D eigenvalue weighted by molar-refractivity contribution is 0.676. The zero-order chi connectivity index (χ0) is 12.8. The predicted octanol–water partition coefficient (Wildman–Crippen LogP) is 1.92. The van der Waals surface area contributed by atoms with Crippen molar-refractivity contribution in [2.45, 2.75) is 25.2 Å². The van der Waals surface area contributed by atoms with Gasteiger partial charge in [0.15, 0.2) is 10.3 Å². The van der Waals surface area contributed by atoms with Crippen molar-refractivity contribution in [1.29, 1.82) is 0 Å². The van der Waals surface area contributed by atoms with Crippen LogP contribution < -0.4 is 11.1 Å². The molecule has 0 bridgehead atoms. The summed E-state index contributed by atoms with van der Waals surface area (Å²) in [6.07, 6.45) is 3.71. The van der Waals surface area contributed by atoms with E-state index in [0.29, 0.717) is 11.7 Å². The van der Waals surface area contributed by atoms with Crippen LogP contribution in [0.25, 0.3) is 0 Å². The summed E-state index contributed by atoms with van der Waals surface area (Å²) in [5, 5.41) is 6.68. The minimum absolute atomic E-state index is 0.607. The molecule has 0 aliphatic heterocycles. The Balaban J connectivity index is 1.79. The molecule has 0 aliphatic carbocycles. The van der Waals surface area contributed by atoms with Gasteiger partial charge in [0, 0.05) is 36.4 Å². The van der Waals surface area contributed by atoms with E-state index in [2.05, 4.69) is 27.2 Å². The molecule has 0 radical (unpaired) electrons. The molecule has 3 N–H and O–H groups in total. The Labute approximate surface area is 114 Å². The molecule has 0 aliphatic rings. The SMILES string of the molecule is CCSc1ncc(CNCc2csc(N)n2)cn1. The van der Waals surface area contributed by atoms with Crippen LogP contribution in [0.5, 0.6) is 0 Å². The fourth-order valence-electron chi connectivity index (χ4n) is 1.38. The average Bonchev–Trinajstić information content (AvgIpc) is 2.78. The number of nitrogens with one attached hydrogen (secondary N) is 1. The molecule has 2 rings (SSSR count). The molecule has 7 heteroatoms. The largest absolute Gasteiger partial charge is 0.375 e. The molecule has 2 heterocycles. The molecular formula is C11H15N5S2. The number of thiazole rings is 1. The van der Waals surface area contributed by atoms with Crippen molar-refractivity contribution in [3.05, 3.63) is 29.0 Å². The van der Waals surface area contributed by atoms with Crippen molar-refractivity contribution < 1.29 is 0 Å². The second kappa shape index (κ2) is 6.67. The van der Waals surface area contributed by atoms with E-state index in [4.69, 9.17) is 5.73 Å². The molecule has 2 aromatic heterocycles. The molecule has 0 aromatic carbocycles. The van der Waals surface area contributed by atoms with Gasteiger partial charge in [-0.05, 0) is 5.75 Å². The van der Waals surface area contributed by atoms with Gasteiger partial charge < -0.3 is 11.1 Å². The highest BCUT2D eigenvalue weighted by Crippen LogP contribution is 2.12. The predicted molar refractivity (Wildman–Crippen MR) is 75.5 cm³/mol. The Kier molecular flexibility index (Phi) is 4.91. The summed E-state index contributed by atoms with van der Waals surface area (Å²) in [6.45, 7) is 3.52. The van der Waals surface area contributed by atoms with Crippen LogP contribution >= 0.6 is 23.1 Å². The maximum atomic E-state index is 5.56. The zero-order valence-corrected chi connectivity index (χ0v) is 11.7. The van der Waals surface area contributed by atoms with Crippen LogP contribution in [-0.2, 0) is 13.1 Å². The van der Waals surface area contributed by atoms with E-state index in [1.165, 1.54) is 11.3 Å². The molecular weight excluding hydrogens is 266 g/mol. The van der Waals surface area contributed by atoms with Crippen molar-refractivity contribution in [1.82, 2.24) is 20.3 Å². The first-order chi connectivity index (χ1) is 8.78. The lowest BCUT2D eigenvalue weighted by Gasteiger charge is -2.03. The topological polar surface area (TPSA) is 76.7 Å². The van der Waals surface area contributed by atoms with E-state index in [9.17, 15) is 0 Å². The third-order valence-corrected chi connectivity index (χ3v) is 3.64. The molecule has 0 amide bonds. The Morgan fingerprint density at radius 2 is 2.11 bits per heavy atom. The Morgan fingerprint density at radius 1 is 1.33 bits per heavy atom. The summed E-state index contributed by atoms with van der Waals surface area (Å²) >= 11 is 3.10.